The monoisotopic (exact) mass is 564 g/mol. The molecule has 0 bridgehead atoms. The average Bonchev–Trinajstić information content (AvgIpc) is 3.61. The second kappa shape index (κ2) is 11.2. The van der Waals surface area contributed by atoms with Crippen LogP contribution in [-0.4, -0.2) is 72.4 Å². The van der Waals surface area contributed by atoms with E-state index in [1.807, 2.05) is 27.7 Å². The summed E-state index contributed by atoms with van der Waals surface area (Å²) in [6.45, 7) is 7.51. The van der Waals surface area contributed by atoms with Crippen molar-refractivity contribution in [3.05, 3.63) is 53.6 Å². The number of nitrogens with zero attached hydrogens (tertiary/aromatic N) is 5. The van der Waals surface area contributed by atoms with Crippen LogP contribution in [0, 0.1) is 5.82 Å². The second-order valence-electron chi connectivity index (χ2n) is 11.3. The van der Waals surface area contributed by atoms with Gasteiger partial charge in [-0.05, 0) is 43.0 Å². The quantitative estimate of drug-likeness (QED) is 0.264. The van der Waals surface area contributed by atoms with E-state index >= 15 is 4.39 Å². The van der Waals surface area contributed by atoms with Gasteiger partial charge in [0.25, 0.3) is 0 Å². The van der Waals surface area contributed by atoms with Crippen molar-refractivity contribution in [2.75, 3.05) is 18.5 Å². The lowest BCUT2D eigenvalue weighted by molar-refractivity contribution is -0.137. The van der Waals surface area contributed by atoms with Crippen LogP contribution in [0.25, 0.3) is 22.2 Å². The molecule has 12 nitrogen and oxygen atoms in total. The first-order valence-electron chi connectivity index (χ1n) is 13.5. The molecule has 2 atom stereocenters. The molecule has 4 N–H and O–H groups in total. The molecule has 0 unspecified atom stereocenters. The van der Waals surface area contributed by atoms with Crippen LogP contribution in [-0.2, 0) is 16.8 Å². The van der Waals surface area contributed by atoms with Gasteiger partial charge in [0, 0.05) is 42.3 Å². The Labute approximate surface area is 235 Å². The maximum Gasteiger partial charge on any atom is 0.315 e. The Morgan fingerprint density at radius 2 is 2.05 bits per heavy atom. The highest BCUT2D eigenvalue weighted by atomic mass is 19.1. The molecular weight excluding hydrogens is 531 g/mol. The van der Waals surface area contributed by atoms with Gasteiger partial charge in [0.1, 0.15) is 12.4 Å². The Balaban J connectivity index is 1.33. The zero-order valence-electron chi connectivity index (χ0n) is 23.4. The van der Waals surface area contributed by atoms with E-state index in [4.69, 9.17) is 4.52 Å². The highest BCUT2D eigenvalue weighted by molar-refractivity contribution is 6.00. The summed E-state index contributed by atoms with van der Waals surface area (Å²) in [5.41, 5.74) is 1.77. The van der Waals surface area contributed by atoms with Crippen molar-refractivity contribution in [1.29, 1.82) is 0 Å². The Hall–Kier alpha value is -4.39. The average molecular weight is 565 g/mol. The van der Waals surface area contributed by atoms with E-state index in [0.717, 1.165) is 12.8 Å². The number of halogens is 1. The Kier molecular flexibility index (Phi) is 7.72. The minimum Gasteiger partial charge on any atom is -0.387 e. The topological polar surface area (TPSA) is 162 Å². The number of hydrogen-bond donors (Lipinski definition) is 4. The number of nitrogens with one attached hydrogen (secondary N) is 3. The number of fused-ring (bicyclic) bond motifs is 1. The van der Waals surface area contributed by atoms with Gasteiger partial charge in [0.05, 0.1) is 5.39 Å². The summed E-state index contributed by atoms with van der Waals surface area (Å²) in [6, 6.07) is 6.53. The van der Waals surface area contributed by atoms with Crippen LogP contribution in [0.1, 0.15) is 62.6 Å². The van der Waals surface area contributed by atoms with Gasteiger partial charge in [-0.1, -0.05) is 38.1 Å². The number of carbonyl (C=O) groups excluding carboxylic acids is 2. The molecule has 0 saturated carbocycles. The van der Waals surface area contributed by atoms with Crippen LogP contribution in [0.3, 0.4) is 0 Å². The maximum atomic E-state index is 15.2. The zero-order valence-corrected chi connectivity index (χ0v) is 23.4. The lowest BCUT2D eigenvalue weighted by atomic mass is 9.96. The van der Waals surface area contributed by atoms with Crippen molar-refractivity contribution >= 4 is 28.7 Å². The van der Waals surface area contributed by atoms with Crippen LogP contribution < -0.4 is 10.6 Å². The largest absolute Gasteiger partial charge is 0.387 e. The van der Waals surface area contributed by atoms with Gasteiger partial charge in [-0.25, -0.2) is 9.37 Å². The van der Waals surface area contributed by atoms with Gasteiger partial charge in [-0.3, -0.25) is 14.7 Å². The summed E-state index contributed by atoms with van der Waals surface area (Å²) in [5, 5.41) is 27.2. The zero-order chi connectivity index (χ0) is 29.3. The third-order valence-corrected chi connectivity index (χ3v) is 7.23. The molecule has 0 radical (unpaired) electrons. The fraction of sp³-hybridized carbons (Fsp3) is 0.429. The third-order valence-electron chi connectivity index (χ3n) is 7.23. The minimum atomic E-state index is -0.585. The lowest BCUT2D eigenvalue weighted by Gasteiger charge is -2.38. The third kappa shape index (κ3) is 5.89. The van der Waals surface area contributed by atoms with Gasteiger partial charge >= 0.3 is 11.8 Å². The van der Waals surface area contributed by atoms with Crippen molar-refractivity contribution in [3.8, 4) is 11.1 Å². The molecule has 5 rings (SSSR count). The predicted molar refractivity (Wildman–Crippen MR) is 148 cm³/mol. The normalized spacial score (nSPS) is 17.6. The number of aliphatic hydroxyl groups is 1. The molecule has 4 heterocycles. The second-order valence-corrected chi connectivity index (χ2v) is 11.3. The van der Waals surface area contributed by atoms with Crippen molar-refractivity contribution in [1.82, 2.24) is 35.5 Å². The number of pyridine rings is 1. The maximum absolute atomic E-state index is 15.2. The van der Waals surface area contributed by atoms with Crippen molar-refractivity contribution in [3.63, 3.8) is 0 Å². The first kappa shape index (κ1) is 28.1. The van der Waals surface area contributed by atoms with E-state index in [-0.39, 0.29) is 35.8 Å². The molecule has 1 aromatic carbocycles. The molecule has 4 aromatic rings. The van der Waals surface area contributed by atoms with Gasteiger partial charge in [0.2, 0.25) is 5.91 Å². The van der Waals surface area contributed by atoms with Crippen molar-refractivity contribution < 1.29 is 23.6 Å². The van der Waals surface area contributed by atoms with E-state index in [1.165, 1.54) is 6.07 Å². The Morgan fingerprint density at radius 3 is 2.76 bits per heavy atom. The number of hydrogen-bond acceptors (Lipinski definition) is 9. The molecule has 13 heteroatoms. The molecule has 2 amide bonds. The standard InChI is InChI=1S/C28H33FN8O4/c1-15-5-8-18(13-37(15)21(39)14-38)32-24-22-19(9-10-30-23(22)34-35-24)16-6-7-17(20(29)11-16)12-31-25(40)26-33-27(36-41-26)28(2,3)4/h6-7,9-11,15,18,38H,5,8,12-14H2,1-4H3,(H,31,40)(H2,30,32,34,35)/t15-,18+/m0/s1. The predicted octanol–water partition coefficient (Wildman–Crippen LogP) is 3.16. The van der Waals surface area contributed by atoms with Crippen molar-refractivity contribution in [2.24, 2.45) is 0 Å². The fourth-order valence-corrected chi connectivity index (χ4v) is 4.88. The highest BCUT2D eigenvalue weighted by Crippen LogP contribution is 2.33. The van der Waals surface area contributed by atoms with E-state index in [9.17, 15) is 14.7 Å². The molecular formula is C28H33FN8O4. The summed E-state index contributed by atoms with van der Waals surface area (Å²) >= 11 is 0. The van der Waals surface area contributed by atoms with Crippen LogP contribution in [0.4, 0.5) is 10.2 Å². The number of likely N-dealkylation sites (tertiary alicyclic amines) is 1. The number of piperidine rings is 1. The van der Waals surface area contributed by atoms with E-state index in [1.54, 1.807) is 29.3 Å². The summed E-state index contributed by atoms with van der Waals surface area (Å²) in [6.07, 6.45) is 3.21. The van der Waals surface area contributed by atoms with E-state index in [0.29, 0.717) is 45.9 Å². The molecule has 1 fully saturated rings. The summed E-state index contributed by atoms with van der Waals surface area (Å²) in [5.74, 6) is -0.614. The van der Waals surface area contributed by atoms with Gasteiger partial charge in [-0.2, -0.15) is 10.1 Å². The molecule has 0 spiro atoms. The minimum absolute atomic E-state index is 0.0418. The highest BCUT2D eigenvalue weighted by Gasteiger charge is 2.29. The molecule has 216 valence electrons. The summed E-state index contributed by atoms with van der Waals surface area (Å²) in [4.78, 5) is 34.8. The number of amides is 2. The van der Waals surface area contributed by atoms with E-state index < -0.39 is 18.3 Å². The number of aliphatic hydroxyl groups excluding tert-OH is 1. The number of benzene rings is 1. The SMILES string of the molecule is C[C@H]1CC[C@@H](Nc2n[nH]c3nccc(-c4ccc(CNC(=O)c5nc(C(C)(C)C)no5)c(F)c4)c23)CN1C(=O)CO. The number of aromatic amines is 1. The fourth-order valence-electron chi connectivity index (χ4n) is 4.88. The first-order valence-corrected chi connectivity index (χ1v) is 13.5. The first-order chi connectivity index (χ1) is 19.5. The number of carbonyl (C=O) groups is 2. The molecule has 1 aliphatic heterocycles. The number of aromatic nitrogens is 5. The van der Waals surface area contributed by atoms with E-state index in [2.05, 4.69) is 36.0 Å². The number of H-pyrrole nitrogens is 1. The van der Waals surface area contributed by atoms with Crippen LogP contribution in [0.2, 0.25) is 0 Å². The molecule has 41 heavy (non-hydrogen) atoms. The Bertz CT molecular complexity index is 1580. The van der Waals surface area contributed by atoms with Crippen LogP contribution in [0.5, 0.6) is 0 Å². The van der Waals surface area contributed by atoms with Gasteiger partial charge < -0.3 is 25.2 Å². The molecule has 1 aliphatic rings. The lowest BCUT2D eigenvalue weighted by Crippen LogP contribution is -2.50. The van der Waals surface area contributed by atoms with Crippen molar-refractivity contribution in [2.45, 2.75) is 64.6 Å². The number of anilines is 1. The van der Waals surface area contributed by atoms with Crippen LogP contribution >= 0.6 is 0 Å². The number of rotatable bonds is 7. The van der Waals surface area contributed by atoms with Gasteiger partial charge in [0.15, 0.2) is 17.3 Å². The molecule has 1 saturated heterocycles. The smallest absolute Gasteiger partial charge is 0.315 e. The Morgan fingerprint density at radius 1 is 1.24 bits per heavy atom. The summed E-state index contributed by atoms with van der Waals surface area (Å²) < 4.78 is 20.3. The molecule has 3 aromatic heterocycles. The van der Waals surface area contributed by atoms with Gasteiger partial charge in [-0.15, -0.1) is 0 Å². The molecule has 0 aliphatic carbocycles. The summed E-state index contributed by atoms with van der Waals surface area (Å²) in [7, 11) is 0. The van der Waals surface area contributed by atoms with Crippen LogP contribution in [0.15, 0.2) is 35.0 Å².